The molecule has 5 nitrogen and oxygen atoms in total. The van der Waals surface area contributed by atoms with Crippen molar-refractivity contribution < 1.29 is 19.5 Å². The summed E-state index contributed by atoms with van der Waals surface area (Å²) in [5, 5.41) is 13.2. The maximum atomic E-state index is 10.8. The topological polar surface area (TPSA) is 68.1 Å². The van der Waals surface area contributed by atoms with Crippen molar-refractivity contribution >= 4 is 12.2 Å². The third-order valence-corrected chi connectivity index (χ3v) is 6.04. The van der Waals surface area contributed by atoms with Crippen LogP contribution in [0.15, 0.2) is 84.0 Å². The summed E-state index contributed by atoms with van der Waals surface area (Å²) < 4.78 is 5.47. The van der Waals surface area contributed by atoms with Crippen LogP contribution in [0, 0.1) is 5.92 Å². The third kappa shape index (κ3) is 6.22. The minimum Gasteiger partial charge on any atom is -0.482 e. The first-order chi connectivity index (χ1) is 16.2. The Bertz CT molecular complexity index is 1030. The van der Waals surface area contributed by atoms with Crippen LogP contribution in [0.2, 0.25) is 0 Å². The lowest BCUT2D eigenvalue weighted by Crippen LogP contribution is -2.17. The Kier molecular flexibility index (Phi) is 7.75. The minimum absolute atomic E-state index is 0.227. The number of ether oxygens (including phenoxy) is 1. The van der Waals surface area contributed by atoms with Gasteiger partial charge in [0.25, 0.3) is 0 Å². The normalized spacial score (nSPS) is 15.4. The minimum atomic E-state index is -0.954. The molecule has 0 spiro atoms. The second kappa shape index (κ2) is 11.3. The molecule has 0 amide bonds. The Labute approximate surface area is 194 Å². The highest BCUT2D eigenvalue weighted by molar-refractivity contribution is 5.68. The first-order valence-corrected chi connectivity index (χ1v) is 11.4. The molecule has 0 bridgehead atoms. The number of benzene rings is 3. The van der Waals surface area contributed by atoms with Crippen LogP contribution in [0.4, 0.5) is 0 Å². The molecule has 170 valence electrons. The van der Waals surface area contributed by atoms with Gasteiger partial charge < -0.3 is 14.7 Å². The van der Waals surface area contributed by atoms with Crippen LogP contribution < -0.4 is 4.74 Å². The zero-order valence-corrected chi connectivity index (χ0v) is 18.6. The van der Waals surface area contributed by atoms with Crippen molar-refractivity contribution in [3.63, 3.8) is 0 Å². The van der Waals surface area contributed by atoms with E-state index < -0.39 is 5.97 Å². The van der Waals surface area contributed by atoms with Gasteiger partial charge in [-0.25, -0.2) is 4.79 Å². The highest BCUT2D eigenvalue weighted by atomic mass is 16.6. The van der Waals surface area contributed by atoms with E-state index in [1.165, 1.54) is 5.56 Å². The zero-order chi connectivity index (χ0) is 22.9. The molecule has 3 aromatic carbocycles. The van der Waals surface area contributed by atoms with E-state index in [0.29, 0.717) is 11.7 Å². The summed E-state index contributed by atoms with van der Waals surface area (Å²) in [5.74, 6) is 0.318. The number of oxime groups is 1. The number of hydrogen-bond donors (Lipinski definition) is 1. The molecule has 0 saturated heterocycles. The molecule has 1 unspecified atom stereocenters. The number of hydrogen-bond acceptors (Lipinski definition) is 4. The molecule has 0 aromatic heterocycles. The van der Waals surface area contributed by atoms with Crippen LogP contribution in [-0.4, -0.2) is 23.9 Å². The van der Waals surface area contributed by atoms with Crippen molar-refractivity contribution in [3.05, 3.63) is 101 Å². The second-order valence-corrected chi connectivity index (χ2v) is 8.36. The quantitative estimate of drug-likeness (QED) is 0.316. The van der Waals surface area contributed by atoms with Gasteiger partial charge in [0, 0.05) is 6.21 Å². The number of carboxylic acids is 1. The number of carbonyl (C=O) groups is 1. The summed E-state index contributed by atoms with van der Waals surface area (Å²) in [6.45, 7) is -0.302. The Hall–Kier alpha value is -3.60. The standard InChI is InChI=1S/C28H29NO4/c30-27(31)20-32-26-15-7-14-24-19-21(16-17-25(24)26)9-8-18-29-33-28(22-10-3-1-4-11-22)23-12-5-2-6-13-23/h1-7,10-15,18,21,28H,8-9,16-17,19-20H2,(H,30,31)/b29-18-. The average molecular weight is 444 g/mol. The zero-order valence-electron chi connectivity index (χ0n) is 18.6. The fourth-order valence-electron chi connectivity index (χ4n) is 4.41. The third-order valence-electron chi connectivity index (χ3n) is 6.04. The molecular formula is C28H29NO4. The number of nitrogens with zero attached hydrogens (tertiary/aromatic N) is 1. The Morgan fingerprint density at radius 3 is 2.36 bits per heavy atom. The van der Waals surface area contributed by atoms with Crippen LogP contribution in [0.25, 0.3) is 0 Å². The maximum absolute atomic E-state index is 10.8. The van der Waals surface area contributed by atoms with Crippen molar-refractivity contribution in [2.75, 3.05) is 6.61 Å². The van der Waals surface area contributed by atoms with Crippen LogP contribution in [-0.2, 0) is 22.5 Å². The van der Waals surface area contributed by atoms with Gasteiger partial charge in [0.2, 0.25) is 0 Å². The van der Waals surface area contributed by atoms with Gasteiger partial charge in [-0.2, -0.15) is 0 Å². The van der Waals surface area contributed by atoms with Crippen molar-refractivity contribution in [2.24, 2.45) is 11.1 Å². The molecule has 0 heterocycles. The Morgan fingerprint density at radius 2 is 1.70 bits per heavy atom. The van der Waals surface area contributed by atoms with Crippen LogP contribution >= 0.6 is 0 Å². The van der Waals surface area contributed by atoms with Gasteiger partial charge in [-0.1, -0.05) is 78.0 Å². The summed E-state index contributed by atoms with van der Waals surface area (Å²) in [7, 11) is 0. The van der Waals surface area contributed by atoms with Crippen LogP contribution in [0.1, 0.15) is 47.6 Å². The molecular weight excluding hydrogens is 414 g/mol. The number of carboxylic acid groups (broad SMARTS) is 1. The SMILES string of the molecule is O=C(O)COc1cccc2c1CCC(CC/C=N\OC(c1ccccc1)c1ccccc1)C2. The molecule has 0 saturated carbocycles. The smallest absolute Gasteiger partial charge is 0.341 e. The molecule has 1 aliphatic rings. The fraction of sp³-hybridized carbons (Fsp3) is 0.286. The van der Waals surface area contributed by atoms with Gasteiger partial charge in [-0.3, -0.25) is 0 Å². The molecule has 5 heteroatoms. The molecule has 0 radical (unpaired) electrons. The summed E-state index contributed by atoms with van der Waals surface area (Å²) in [6, 6.07) is 26.2. The molecule has 0 fully saturated rings. The van der Waals surface area contributed by atoms with E-state index >= 15 is 0 Å². The van der Waals surface area contributed by atoms with E-state index in [-0.39, 0.29) is 12.7 Å². The molecule has 33 heavy (non-hydrogen) atoms. The number of rotatable bonds is 10. The van der Waals surface area contributed by atoms with Crippen molar-refractivity contribution in [1.29, 1.82) is 0 Å². The van der Waals surface area contributed by atoms with Crippen molar-refractivity contribution in [2.45, 2.75) is 38.2 Å². The van der Waals surface area contributed by atoms with Gasteiger partial charge in [-0.15, -0.1) is 0 Å². The van der Waals surface area contributed by atoms with E-state index in [9.17, 15) is 4.79 Å². The first kappa shape index (κ1) is 22.6. The van der Waals surface area contributed by atoms with E-state index in [1.54, 1.807) is 0 Å². The summed E-state index contributed by atoms with van der Waals surface area (Å²) in [5.41, 5.74) is 4.56. The van der Waals surface area contributed by atoms with E-state index in [4.69, 9.17) is 14.7 Å². The van der Waals surface area contributed by atoms with Crippen molar-refractivity contribution in [1.82, 2.24) is 0 Å². The molecule has 1 atom stereocenters. The van der Waals surface area contributed by atoms with Crippen LogP contribution in [0.5, 0.6) is 5.75 Å². The summed E-state index contributed by atoms with van der Waals surface area (Å²) in [4.78, 5) is 16.7. The largest absolute Gasteiger partial charge is 0.482 e. The number of aliphatic carboxylic acids is 1. The van der Waals surface area contributed by atoms with Gasteiger partial charge in [-0.05, 0) is 66.3 Å². The predicted molar refractivity (Wildman–Crippen MR) is 129 cm³/mol. The predicted octanol–water partition coefficient (Wildman–Crippen LogP) is 5.83. The molecule has 1 N–H and O–H groups in total. The molecule has 3 aromatic rings. The highest BCUT2D eigenvalue weighted by Gasteiger charge is 2.21. The lowest BCUT2D eigenvalue weighted by molar-refractivity contribution is -0.139. The number of fused-ring (bicyclic) bond motifs is 1. The maximum Gasteiger partial charge on any atom is 0.341 e. The Morgan fingerprint density at radius 1 is 1.00 bits per heavy atom. The highest BCUT2D eigenvalue weighted by Crippen LogP contribution is 2.34. The monoisotopic (exact) mass is 443 g/mol. The van der Waals surface area contributed by atoms with Crippen LogP contribution in [0.3, 0.4) is 0 Å². The van der Waals surface area contributed by atoms with E-state index in [1.807, 2.05) is 54.7 Å². The van der Waals surface area contributed by atoms with E-state index in [0.717, 1.165) is 48.8 Å². The second-order valence-electron chi connectivity index (χ2n) is 8.36. The lowest BCUT2D eigenvalue weighted by atomic mass is 9.81. The average Bonchev–Trinajstić information content (AvgIpc) is 2.85. The molecule has 4 rings (SSSR count). The van der Waals surface area contributed by atoms with Crippen molar-refractivity contribution in [3.8, 4) is 5.75 Å². The van der Waals surface area contributed by atoms with Gasteiger partial charge in [0.15, 0.2) is 12.7 Å². The lowest BCUT2D eigenvalue weighted by Gasteiger charge is -2.25. The summed E-state index contributed by atoms with van der Waals surface area (Å²) >= 11 is 0. The fourth-order valence-corrected chi connectivity index (χ4v) is 4.41. The first-order valence-electron chi connectivity index (χ1n) is 11.4. The van der Waals surface area contributed by atoms with Gasteiger partial charge >= 0.3 is 5.97 Å². The summed E-state index contributed by atoms with van der Waals surface area (Å²) in [6.07, 6.45) is 6.49. The Balaban J connectivity index is 1.31. The van der Waals surface area contributed by atoms with E-state index in [2.05, 4.69) is 35.5 Å². The van der Waals surface area contributed by atoms with Gasteiger partial charge in [0.1, 0.15) is 5.75 Å². The van der Waals surface area contributed by atoms with Gasteiger partial charge in [0.05, 0.1) is 0 Å². The molecule has 1 aliphatic carbocycles. The molecule has 0 aliphatic heterocycles.